The fourth-order valence-corrected chi connectivity index (χ4v) is 2.62. The molecule has 20 heavy (non-hydrogen) atoms. The zero-order valence-corrected chi connectivity index (χ0v) is 11.0. The Morgan fingerprint density at radius 3 is 2.95 bits per heavy atom. The molecule has 2 fully saturated rings. The second kappa shape index (κ2) is 5.06. The van der Waals surface area contributed by atoms with Crippen molar-refractivity contribution < 1.29 is 4.92 Å². The molecule has 7 heteroatoms. The number of nitrogens with zero attached hydrogens (tertiary/aromatic N) is 4. The van der Waals surface area contributed by atoms with Crippen LogP contribution in [0.25, 0.3) is 0 Å². The Bertz CT molecular complexity index is 579. The van der Waals surface area contributed by atoms with Crippen LogP contribution in [0, 0.1) is 21.4 Å². The first-order chi connectivity index (χ1) is 9.67. The van der Waals surface area contributed by atoms with Crippen molar-refractivity contribution in [3.63, 3.8) is 0 Å². The van der Waals surface area contributed by atoms with Crippen LogP contribution < -0.4 is 5.32 Å². The van der Waals surface area contributed by atoms with Gasteiger partial charge in [0.05, 0.1) is 4.92 Å². The highest BCUT2D eigenvalue weighted by atomic mass is 16.6. The van der Waals surface area contributed by atoms with Gasteiger partial charge in [0, 0.05) is 31.2 Å². The minimum absolute atomic E-state index is 0.155. The largest absolute Gasteiger partial charge is 0.365 e. The Morgan fingerprint density at radius 2 is 2.30 bits per heavy atom. The van der Waals surface area contributed by atoms with Gasteiger partial charge in [-0.3, -0.25) is 15.0 Å². The molecule has 1 unspecified atom stereocenters. The maximum absolute atomic E-state index is 10.7. The minimum Gasteiger partial charge on any atom is -0.365 e. The molecule has 7 nitrogen and oxygen atoms in total. The van der Waals surface area contributed by atoms with Crippen molar-refractivity contribution in [2.45, 2.75) is 31.3 Å². The van der Waals surface area contributed by atoms with Gasteiger partial charge in [-0.2, -0.15) is 5.26 Å². The number of nitro groups is 1. The van der Waals surface area contributed by atoms with E-state index in [0.29, 0.717) is 5.82 Å². The number of aromatic nitrogens is 1. The second-order valence-corrected chi connectivity index (χ2v) is 5.31. The van der Waals surface area contributed by atoms with Crippen LogP contribution in [0.4, 0.5) is 11.5 Å². The maximum atomic E-state index is 10.7. The summed E-state index contributed by atoms with van der Waals surface area (Å²) in [7, 11) is 0. The zero-order chi connectivity index (χ0) is 14.1. The number of nitriles is 1. The van der Waals surface area contributed by atoms with E-state index in [0.717, 1.165) is 25.6 Å². The molecule has 0 radical (unpaired) electrons. The maximum Gasteiger partial charge on any atom is 0.289 e. The van der Waals surface area contributed by atoms with Crippen molar-refractivity contribution in [1.82, 2.24) is 9.88 Å². The van der Waals surface area contributed by atoms with Crippen molar-refractivity contribution in [3.05, 3.63) is 27.9 Å². The van der Waals surface area contributed by atoms with E-state index in [1.807, 2.05) is 6.07 Å². The highest BCUT2D eigenvalue weighted by molar-refractivity contribution is 5.56. The molecular formula is C13H15N5O2. The van der Waals surface area contributed by atoms with Gasteiger partial charge in [-0.25, -0.2) is 4.98 Å². The normalized spacial score (nSPS) is 22.4. The molecule has 1 saturated heterocycles. The molecular weight excluding hydrogens is 258 g/mol. The van der Waals surface area contributed by atoms with Gasteiger partial charge in [-0.1, -0.05) is 0 Å². The third-order valence-corrected chi connectivity index (χ3v) is 3.83. The van der Waals surface area contributed by atoms with E-state index in [-0.39, 0.29) is 17.3 Å². The lowest BCUT2D eigenvalue weighted by molar-refractivity contribution is -0.385. The molecule has 1 aliphatic heterocycles. The van der Waals surface area contributed by atoms with Gasteiger partial charge in [-0.05, 0) is 19.3 Å². The lowest BCUT2D eigenvalue weighted by atomic mass is 10.2. The fraction of sp³-hybridized carbons (Fsp3) is 0.538. The standard InChI is InChI=1S/C13H15N5O2/c14-6-9-5-12(18(19)20)7-15-13(9)16-10-3-4-17(8-10)11-1-2-11/h5,7,10-11H,1-4,8H2,(H,15,16). The first-order valence-electron chi connectivity index (χ1n) is 6.72. The number of nitrogens with one attached hydrogen (secondary N) is 1. The fourth-order valence-electron chi connectivity index (χ4n) is 2.62. The van der Waals surface area contributed by atoms with Crippen LogP contribution in [0.1, 0.15) is 24.8 Å². The summed E-state index contributed by atoms with van der Waals surface area (Å²) < 4.78 is 0. The van der Waals surface area contributed by atoms with Crippen LogP contribution in [0.3, 0.4) is 0 Å². The van der Waals surface area contributed by atoms with Gasteiger partial charge in [0.25, 0.3) is 5.69 Å². The topological polar surface area (TPSA) is 95.1 Å². The molecule has 1 aliphatic carbocycles. The molecule has 1 aromatic heterocycles. The van der Waals surface area contributed by atoms with E-state index < -0.39 is 4.92 Å². The Balaban J connectivity index is 1.71. The van der Waals surface area contributed by atoms with Crippen molar-refractivity contribution in [2.24, 2.45) is 0 Å². The Morgan fingerprint density at radius 1 is 1.50 bits per heavy atom. The van der Waals surface area contributed by atoms with Crippen LogP contribution in [0.5, 0.6) is 0 Å². The van der Waals surface area contributed by atoms with Crippen LogP contribution >= 0.6 is 0 Å². The molecule has 2 heterocycles. The minimum atomic E-state index is -0.540. The molecule has 1 atom stereocenters. The van der Waals surface area contributed by atoms with Crippen LogP contribution in [0.2, 0.25) is 0 Å². The molecule has 104 valence electrons. The number of rotatable bonds is 4. The summed E-state index contributed by atoms with van der Waals surface area (Å²) >= 11 is 0. The highest BCUT2D eigenvalue weighted by Crippen LogP contribution is 2.30. The number of hydrogen-bond donors (Lipinski definition) is 1. The number of likely N-dealkylation sites (tertiary alicyclic amines) is 1. The number of pyridine rings is 1. The van der Waals surface area contributed by atoms with Crippen molar-refractivity contribution in [1.29, 1.82) is 5.26 Å². The van der Waals surface area contributed by atoms with Crippen molar-refractivity contribution in [3.8, 4) is 6.07 Å². The predicted octanol–water partition coefficient (Wildman–Crippen LogP) is 1.51. The second-order valence-electron chi connectivity index (χ2n) is 5.31. The van der Waals surface area contributed by atoms with Crippen LogP contribution in [-0.2, 0) is 0 Å². The molecule has 0 spiro atoms. The molecule has 1 aromatic rings. The molecule has 0 bridgehead atoms. The average Bonchev–Trinajstić information content (AvgIpc) is 3.19. The first kappa shape index (κ1) is 12.8. The first-order valence-corrected chi connectivity index (χ1v) is 6.72. The summed E-state index contributed by atoms with van der Waals surface area (Å²) in [5.74, 6) is 0.445. The lowest BCUT2D eigenvalue weighted by Gasteiger charge is -2.16. The van der Waals surface area contributed by atoms with Crippen molar-refractivity contribution in [2.75, 3.05) is 18.4 Å². The highest BCUT2D eigenvalue weighted by Gasteiger charge is 2.34. The quantitative estimate of drug-likeness (QED) is 0.660. The van der Waals surface area contributed by atoms with Gasteiger partial charge in [0.2, 0.25) is 0 Å². The van der Waals surface area contributed by atoms with E-state index in [9.17, 15) is 10.1 Å². The molecule has 1 saturated carbocycles. The predicted molar refractivity (Wildman–Crippen MR) is 72.2 cm³/mol. The molecule has 3 rings (SSSR count). The van der Waals surface area contributed by atoms with Crippen LogP contribution in [0.15, 0.2) is 12.3 Å². The van der Waals surface area contributed by atoms with E-state index in [1.54, 1.807) is 0 Å². The summed E-state index contributed by atoms with van der Waals surface area (Å²) in [5.41, 5.74) is 0.0715. The Labute approximate surface area is 116 Å². The zero-order valence-electron chi connectivity index (χ0n) is 11.0. The summed E-state index contributed by atoms with van der Waals surface area (Å²) in [6, 6.07) is 4.23. The average molecular weight is 273 g/mol. The molecule has 2 aliphatic rings. The molecule has 0 aromatic carbocycles. The Hall–Kier alpha value is -2.20. The monoisotopic (exact) mass is 273 g/mol. The molecule has 0 amide bonds. The summed E-state index contributed by atoms with van der Waals surface area (Å²) in [6.45, 7) is 2.02. The van der Waals surface area contributed by atoms with Gasteiger partial charge in [0.15, 0.2) is 0 Å². The van der Waals surface area contributed by atoms with Gasteiger partial charge < -0.3 is 5.32 Å². The van der Waals surface area contributed by atoms with E-state index >= 15 is 0 Å². The third-order valence-electron chi connectivity index (χ3n) is 3.83. The van der Waals surface area contributed by atoms with E-state index in [2.05, 4.69) is 15.2 Å². The lowest BCUT2D eigenvalue weighted by Crippen LogP contribution is -2.28. The van der Waals surface area contributed by atoms with Crippen molar-refractivity contribution >= 4 is 11.5 Å². The SMILES string of the molecule is N#Cc1cc([N+](=O)[O-])cnc1NC1CCN(C2CC2)C1. The van der Waals surface area contributed by atoms with Gasteiger partial charge in [-0.15, -0.1) is 0 Å². The summed E-state index contributed by atoms with van der Waals surface area (Å²) in [5, 5.41) is 23.0. The van der Waals surface area contributed by atoms with Gasteiger partial charge >= 0.3 is 0 Å². The third kappa shape index (κ3) is 2.56. The van der Waals surface area contributed by atoms with E-state index in [1.165, 1.54) is 25.1 Å². The van der Waals surface area contributed by atoms with E-state index in [4.69, 9.17) is 5.26 Å². The summed E-state index contributed by atoms with van der Waals surface area (Å²) in [4.78, 5) is 16.6. The Kier molecular flexibility index (Phi) is 3.24. The smallest absolute Gasteiger partial charge is 0.289 e. The summed E-state index contributed by atoms with van der Waals surface area (Å²) in [6.07, 6.45) is 4.77. The molecule has 1 N–H and O–H groups in total. The number of hydrogen-bond acceptors (Lipinski definition) is 6. The van der Waals surface area contributed by atoms with Crippen LogP contribution in [-0.4, -0.2) is 40.0 Å². The van der Waals surface area contributed by atoms with Gasteiger partial charge in [0.1, 0.15) is 23.6 Å². The number of anilines is 1.